The van der Waals surface area contributed by atoms with Crippen LogP contribution < -0.4 is 10.6 Å². The molecule has 7 heteroatoms. The summed E-state index contributed by atoms with van der Waals surface area (Å²) < 4.78 is 18.1. The summed E-state index contributed by atoms with van der Waals surface area (Å²) in [5.74, 6) is 0.232. The fraction of sp³-hybridized carbons (Fsp3) is 0.154. The lowest BCUT2D eigenvalue weighted by Gasteiger charge is -2.07. The van der Waals surface area contributed by atoms with Crippen molar-refractivity contribution < 1.29 is 13.9 Å². The van der Waals surface area contributed by atoms with Crippen molar-refractivity contribution in [2.45, 2.75) is 6.92 Å². The fourth-order valence-electron chi connectivity index (χ4n) is 1.44. The van der Waals surface area contributed by atoms with Crippen LogP contribution in [0.1, 0.15) is 6.92 Å². The Labute approximate surface area is 115 Å². The van der Waals surface area contributed by atoms with Gasteiger partial charge in [-0.2, -0.15) is 0 Å². The summed E-state index contributed by atoms with van der Waals surface area (Å²) in [5, 5.41) is 12.8. The number of hydrogen-bond donors (Lipinski definition) is 2. The fourth-order valence-corrected chi connectivity index (χ4v) is 1.44. The number of aromatic nitrogens is 2. The number of carbonyl (C=O) groups is 1. The molecule has 0 atom stereocenters. The highest BCUT2D eigenvalue weighted by atomic mass is 19.1. The van der Waals surface area contributed by atoms with Gasteiger partial charge in [0.25, 0.3) is 0 Å². The van der Waals surface area contributed by atoms with E-state index in [2.05, 4.69) is 20.8 Å². The Balaban J connectivity index is 2.02. The Morgan fingerprint density at radius 2 is 1.90 bits per heavy atom. The van der Waals surface area contributed by atoms with Gasteiger partial charge in [0.2, 0.25) is 0 Å². The molecule has 1 aromatic heterocycles. The number of halogens is 1. The molecular formula is C13H13FN4O2. The SMILES string of the molecule is CCOC(=O)Nc1ccc(Nc2ccccc2F)nn1. The molecule has 2 rings (SSSR count). The Hall–Kier alpha value is -2.70. The molecule has 0 aliphatic heterocycles. The molecule has 20 heavy (non-hydrogen) atoms. The van der Waals surface area contributed by atoms with E-state index in [9.17, 15) is 9.18 Å². The van der Waals surface area contributed by atoms with Crippen LogP contribution in [0.4, 0.5) is 26.5 Å². The summed E-state index contributed by atoms with van der Waals surface area (Å²) in [4.78, 5) is 11.2. The van der Waals surface area contributed by atoms with Gasteiger partial charge in [0.15, 0.2) is 11.6 Å². The number of para-hydroxylation sites is 1. The lowest BCUT2D eigenvalue weighted by molar-refractivity contribution is 0.168. The van der Waals surface area contributed by atoms with Crippen LogP contribution in [0.15, 0.2) is 36.4 Å². The van der Waals surface area contributed by atoms with Crippen LogP contribution in [-0.2, 0) is 4.74 Å². The highest BCUT2D eigenvalue weighted by Gasteiger charge is 2.05. The number of benzene rings is 1. The molecule has 0 aliphatic rings. The molecule has 0 bridgehead atoms. The molecule has 2 N–H and O–H groups in total. The van der Waals surface area contributed by atoms with E-state index in [0.29, 0.717) is 11.5 Å². The van der Waals surface area contributed by atoms with Crippen LogP contribution in [0.5, 0.6) is 0 Å². The van der Waals surface area contributed by atoms with Crippen LogP contribution in [0, 0.1) is 5.82 Å². The van der Waals surface area contributed by atoms with Crippen molar-refractivity contribution in [2.24, 2.45) is 0 Å². The van der Waals surface area contributed by atoms with Crippen LogP contribution >= 0.6 is 0 Å². The first-order valence-corrected chi connectivity index (χ1v) is 5.98. The van der Waals surface area contributed by atoms with Crippen molar-refractivity contribution in [3.05, 3.63) is 42.2 Å². The van der Waals surface area contributed by atoms with Crippen molar-refractivity contribution >= 4 is 23.4 Å². The highest BCUT2D eigenvalue weighted by molar-refractivity contribution is 5.83. The summed E-state index contributed by atoms with van der Waals surface area (Å²) in [6.45, 7) is 1.97. The van der Waals surface area contributed by atoms with Crippen molar-refractivity contribution in [3.63, 3.8) is 0 Å². The molecule has 6 nitrogen and oxygen atoms in total. The topological polar surface area (TPSA) is 76.1 Å². The van der Waals surface area contributed by atoms with Crippen molar-refractivity contribution in [3.8, 4) is 0 Å². The molecule has 2 aromatic rings. The number of ether oxygens (including phenoxy) is 1. The van der Waals surface area contributed by atoms with Gasteiger partial charge in [-0.05, 0) is 31.2 Å². The summed E-state index contributed by atoms with van der Waals surface area (Å²) in [6.07, 6.45) is -0.600. The second kappa shape index (κ2) is 6.46. The van der Waals surface area contributed by atoms with Crippen LogP contribution in [0.3, 0.4) is 0 Å². The number of amides is 1. The minimum Gasteiger partial charge on any atom is -0.450 e. The Morgan fingerprint density at radius 3 is 2.55 bits per heavy atom. The van der Waals surface area contributed by atoms with Gasteiger partial charge in [-0.3, -0.25) is 5.32 Å². The van der Waals surface area contributed by atoms with Crippen LogP contribution in [0.25, 0.3) is 0 Å². The van der Waals surface area contributed by atoms with Crippen LogP contribution in [-0.4, -0.2) is 22.9 Å². The smallest absolute Gasteiger partial charge is 0.412 e. The van der Waals surface area contributed by atoms with E-state index in [4.69, 9.17) is 4.74 Å². The average Bonchev–Trinajstić information content (AvgIpc) is 2.44. The molecular weight excluding hydrogens is 263 g/mol. The number of hydrogen-bond acceptors (Lipinski definition) is 5. The predicted octanol–water partition coefficient (Wildman–Crippen LogP) is 2.93. The zero-order valence-corrected chi connectivity index (χ0v) is 10.8. The van der Waals surface area contributed by atoms with Gasteiger partial charge in [-0.25, -0.2) is 9.18 Å². The lowest BCUT2D eigenvalue weighted by Crippen LogP contribution is -2.14. The van der Waals surface area contributed by atoms with Gasteiger partial charge in [0, 0.05) is 0 Å². The van der Waals surface area contributed by atoms with Crippen LogP contribution in [0.2, 0.25) is 0 Å². The molecule has 1 amide bonds. The molecule has 0 unspecified atom stereocenters. The normalized spacial score (nSPS) is 9.90. The van der Waals surface area contributed by atoms with E-state index in [1.165, 1.54) is 12.1 Å². The first-order chi connectivity index (χ1) is 9.69. The third-order valence-corrected chi connectivity index (χ3v) is 2.31. The second-order valence-corrected chi connectivity index (χ2v) is 3.75. The van der Waals surface area contributed by atoms with E-state index in [0.717, 1.165) is 0 Å². The predicted molar refractivity (Wildman–Crippen MR) is 72.4 cm³/mol. The minimum atomic E-state index is -0.600. The first-order valence-electron chi connectivity index (χ1n) is 5.98. The van der Waals surface area contributed by atoms with E-state index >= 15 is 0 Å². The minimum absolute atomic E-state index is 0.252. The van der Waals surface area contributed by atoms with Gasteiger partial charge in [0.05, 0.1) is 12.3 Å². The zero-order valence-electron chi connectivity index (χ0n) is 10.8. The maximum Gasteiger partial charge on any atom is 0.412 e. The summed E-state index contributed by atoms with van der Waals surface area (Å²) in [6, 6.07) is 9.33. The number of nitrogens with zero attached hydrogens (tertiary/aromatic N) is 2. The number of rotatable bonds is 4. The molecule has 0 spiro atoms. The Morgan fingerprint density at radius 1 is 1.20 bits per heavy atom. The third-order valence-electron chi connectivity index (χ3n) is 2.31. The Kier molecular flexibility index (Phi) is 4.43. The van der Waals surface area contributed by atoms with Gasteiger partial charge >= 0.3 is 6.09 Å². The summed E-state index contributed by atoms with van der Waals surface area (Å²) >= 11 is 0. The van der Waals surface area contributed by atoms with Crippen molar-refractivity contribution in [1.29, 1.82) is 0 Å². The maximum atomic E-state index is 13.4. The molecule has 1 heterocycles. The monoisotopic (exact) mass is 276 g/mol. The van der Waals surface area contributed by atoms with Gasteiger partial charge in [0.1, 0.15) is 5.82 Å². The van der Waals surface area contributed by atoms with Gasteiger partial charge in [-0.15, -0.1) is 10.2 Å². The van der Waals surface area contributed by atoms with E-state index in [-0.39, 0.29) is 18.2 Å². The average molecular weight is 276 g/mol. The molecule has 0 fully saturated rings. The molecule has 0 aliphatic carbocycles. The first kappa shape index (κ1) is 13.7. The maximum absolute atomic E-state index is 13.4. The van der Waals surface area contributed by atoms with Crippen molar-refractivity contribution in [1.82, 2.24) is 10.2 Å². The quantitative estimate of drug-likeness (QED) is 0.897. The van der Waals surface area contributed by atoms with E-state index < -0.39 is 6.09 Å². The largest absolute Gasteiger partial charge is 0.450 e. The highest BCUT2D eigenvalue weighted by Crippen LogP contribution is 2.17. The third kappa shape index (κ3) is 3.64. The number of anilines is 3. The van der Waals surface area contributed by atoms with Gasteiger partial charge in [-0.1, -0.05) is 12.1 Å². The van der Waals surface area contributed by atoms with E-state index in [1.807, 2.05) is 0 Å². The molecule has 0 saturated carbocycles. The molecule has 1 aromatic carbocycles. The summed E-state index contributed by atoms with van der Waals surface area (Å²) in [7, 11) is 0. The summed E-state index contributed by atoms with van der Waals surface area (Å²) in [5.41, 5.74) is 0.299. The van der Waals surface area contributed by atoms with Gasteiger partial charge < -0.3 is 10.1 Å². The Bertz CT molecular complexity index is 589. The number of nitrogens with one attached hydrogen (secondary N) is 2. The lowest BCUT2D eigenvalue weighted by atomic mass is 10.3. The number of carbonyl (C=O) groups excluding carboxylic acids is 1. The zero-order chi connectivity index (χ0) is 14.4. The second-order valence-electron chi connectivity index (χ2n) is 3.75. The molecule has 0 radical (unpaired) electrons. The molecule has 0 saturated heterocycles. The van der Waals surface area contributed by atoms with E-state index in [1.54, 1.807) is 31.2 Å². The molecule has 104 valence electrons. The standard InChI is InChI=1S/C13H13FN4O2/c1-2-20-13(19)16-12-8-7-11(17-18-12)15-10-6-4-3-5-9(10)14/h3-8H,2H2,1H3,(H,15,17)(H,16,18,19). The van der Waals surface area contributed by atoms with Crippen molar-refractivity contribution in [2.75, 3.05) is 17.2 Å².